The molecule has 222 valence electrons. The fourth-order valence-corrected chi connectivity index (χ4v) is 4.00. The van der Waals surface area contributed by atoms with Gasteiger partial charge < -0.3 is 0 Å². The van der Waals surface area contributed by atoms with Crippen molar-refractivity contribution in [3.05, 3.63) is 70.8 Å². The third-order valence-corrected chi connectivity index (χ3v) is 8.09. The van der Waals surface area contributed by atoms with Gasteiger partial charge in [-0.05, 0) is 13.8 Å². The third kappa shape index (κ3) is 5.75. The highest BCUT2D eigenvalue weighted by Crippen LogP contribution is 2.59. The molecule has 0 aliphatic heterocycles. The van der Waals surface area contributed by atoms with Crippen LogP contribution in [0.15, 0.2) is 48.5 Å². The van der Waals surface area contributed by atoms with Crippen LogP contribution in [-0.2, 0) is 32.1 Å². The fraction of sp³-hybridized carbons (Fsp3) is 0.364. The van der Waals surface area contributed by atoms with Gasteiger partial charge in [-0.1, -0.05) is 48.5 Å². The Kier molecular flexibility index (Phi) is 8.69. The van der Waals surface area contributed by atoms with E-state index >= 15 is 0 Å². The van der Waals surface area contributed by atoms with E-state index in [9.17, 15) is 61.5 Å². The zero-order chi connectivity index (χ0) is 31.3. The summed E-state index contributed by atoms with van der Waals surface area (Å²) in [5.74, 6) is -28.4. The van der Waals surface area contributed by atoms with Gasteiger partial charge in [0.25, 0.3) is 20.2 Å². The van der Waals surface area contributed by atoms with Crippen molar-refractivity contribution in [2.45, 2.75) is 48.0 Å². The Balaban J connectivity index is 2.45. The smallest absolute Gasteiger partial charge is 0.293 e. The maximum atomic E-state index is 14.6. The minimum Gasteiger partial charge on any atom is -0.293 e. The van der Waals surface area contributed by atoms with E-state index in [0.29, 0.717) is 38.1 Å². The first kappa shape index (κ1) is 33.2. The van der Waals surface area contributed by atoms with Crippen molar-refractivity contribution >= 4 is 31.8 Å². The van der Waals surface area contributed by atoms with Gasteiger partial charge in [-0.3, -0.25) is 18.7 Å². The number of rotatable bonds is 11. The van der Waals surface area contributed by atoms with Crippen molar-refractivity contribution in [2.75, 3.05) is 0 Å². The van der Waals surface area contributed by atoms with Crippen LogP contribution in [0.4, 0.5) is 35.1 Å². The number of alkyl halides is 8. The number of hydrogen-bond donors (Lipinski definition) is 2. The second kappa shape index (κ2) is 10.5. The highest BCUT2D eigenvalue weighted by atomic mass is 32.2. The topological polar surface area (TPSA) is 143 Å². The maximum absolute atomic E-state index is 14.6. The summed E-state index contributed by atoms with van der Waals surface area (Å²) in [4.78, 5) is 24.0. The molecule has 2 aromatic rings. The normalized spacial score (nSPS) is 15.4. The molecule has 0 saturated heterocycles. The summed E-state index contributed by atoms with van der Waals surface area (Å²) in [7, 11) is -9.90. The first-order valence-corrected chi connectivity index (χ1v) is 13.6. The van der Waals surface area contributed by atoms with Crippen LogP contribution in [-0.4, -0.2) is 59.9 Å². The van der Waals surface area contributed by atoms with Gasteiger partial charge in [0.15, 0.2) is 11.6 Å². The predicted molar refractivity (Wildman–Crippen MR) is 121 cm³/mol. The molecule has 0 radical (unpaired) electrons. The predicted octanol–water partition coefficient (Wildman–Crippen LogP) is 4.76. The van der Waals surface area contributed by atoms with Crippen LogP contribution < -0.4 is 0 Å². The summed E-state index contributed by atoms with van der Waals surface area (Å²) in [6.45, 7) is 1.41. The van der Waals surface area contributed by atoms with Crippen molar-refractivity contribution in [1.29, 1.82) is 0 Å². The van der Waals surface area contributed by atoms with Crippen molar-refractivity contribution < 1.29 is 70.7 Å². The highest BCUT2D eigenvalue weighted by molar-refractivity contribution is 7.87. The van der Waals surface area contributed by atoms with Crippen LogP contribution in [0.2, 0.25) is 0 Å². The number of hydrogen-bond acceptors (Lipinski definition) is 6. The molecule has 0 aromatic heterocycles. The number of carbonyl (C=O) groups is 2. The second-order valence-corrected chi connectivity index (χ2v) is 12.0. The largest absolute Gasteiger partial charge is 0.382 e. The molecule has 0 bridgehead atoms. The number of halogens is 8. The maximum Gasteiger partial charge on any atom is 0.382 e. The molecule has 0 fully saturated rings. The van der Waals surface area contributed by atoms with Crippen LogP contribution in [0, 0.1) is 0 Å². The fourth-order valence-electron chi connectivity index (χ4n) is 3.18. The Morgan fingerprint density at radius 1 is 0.575 bits per heavy atom. The van der Waals surface area contributed by atoms with E-state index in [1.165, 1.54) is 0 Å². The lowest BCUT2D eigenvalue weighted by Gasteiger charge is -2.37. The second-order valence-electron chi connectivity index (χ2n) is 8.50. The molecule has 0 saturated carbocycles. The molecule has 40 heavy (non-hydrogen) atoms. The van der Waals surface area contributed by atoms with Crippen LogP contribution in [0.1, 0.15) is 45.7 Å². The van der Waals surface area contributed by atoms with Gasteiger partial charge in [-0.15, -0.1) is 0 Å². The Morgan fingerprint density at radius 2 is 0.800 bits per heavy atom. The minimum atomic E-state index is -6.80. The highest BCUT2D eigenvalue weighted by Gasteiger charge is 2.81. The molecule has 2 atom stereocenters. The van der Waals surface area contributed by atoms with Gasteiger partial charge in [0.1, 0.15) is 10.5 Å². The lowest BCUT2D eigenvalue weighted by atomic mass is 9.89. The van der Waals surface area contributed by atoms with Gasteiger partial charge in [-0.2, -0.15) is 52.0 Å². The zero-order valence-corrected chi connectivity index (χ0v) is 21.6. The summed E-state index contributed by atoms with van der Waals surface area (Å²) < 4.78 is 179. The lowest BCUT2D eigenvalue weighted by molar-refractivity contribution is -0.374. The van der Waals surface area contributed by atoms with Crippen molar-refractivity contribution in [3.8, 4) is 0 Å². The molecule has 2 unspecified atom stereocenters. The van der Waals surface area contributed by atoms with E-state index in [-0.39, 0.29) is 24.3 Å². The molecular formula is C22H18F8O8S2. The van der Waals surface area contributed by atoms with Gasteiger partial charge >= 0.3 is 23.7 Å². The Morgan fingerprint density at radius 3 is 1.00 bits per heavy atom. The zero-order valence-electron chi connectivity index (χ0n) is 20.0. The quantitative estimate of drug-likeness (QED) is 0.207. The summed E-state index contributed by atoms with van der Waals surface area (Å²) in [5.41, 5.74) is -5.35. The van der Waals surface area contributed by atoms with Crippen molar-refractivity contribution in [2.24, 2.45) is 0 Å². The van der Waals surface area contributed by atoms with Gasteiger partial charge in [0, 0.05) is 22.3 Å². The van der Waals surface area contributed by atoms with Crippen LogP contribution in [0.5, 0.6) is 0 Å². The number of Topliss-reactive ketones (excluding diaryl/α,β-unsaturated/α-hetero) is 2. The monoisotopic (exact) mass is 626 g/mol. The molecule has 2 aromatic carbocycles. The van der Waals surface area contributed by atoms with E-state index in [1.807, 2.05) is 0 Å². The molecular weight excluding hydrogens is 608 g/mol. The number of ketones is 2. The molecule has 0 aliphatic carbocycles. The van der Waals surface area contributed by atoms with E-state index < -0.39 is 88.2 Å². The Hall–Kier alpha value is -2.96. The molecule has 2 N–H and O–H groups in total. The Bertz CT molecular complexity index is 1390. The van der Waals surface area contributed by atoms with Crippen LogP contribution in [0.3, 0.4) is 0 Å². The van der Waals surface area contributed by atoms with Gasteiger partial charge in [-0.25, -0.2) is 0 Å². The molecule has 8 nitrogen and oxygen atoms in total. The molecule has 0 spiro atoms. The number of benzene rings is 2. The van der Waals surface area contributed by atoms with Crippen molar-refractivity contribution in [3.63, 3.8) is 0 Å². The average Bonchev–Trinajstić information content (AvgIpc) is 2.85. The van der Waals surface area contributed by atoms with E-state index in [0.717, 1.165) is 0 Å². The third-order valence-electron chi connectivity index (χ3n) is 5.88. The molecule has 18 heteroatoms. The van der Waals surface area contributed by atoms with Crippen molar-refractivity contribution in [1.82, 2.24) is 0 Å². The SMILES string of the molecule is CC(C(=O)c1ccc(C(F)(F)C(F)(F)C(F)(F)C(F)(F)c2ccc(C(=O)C(C)S(=O)(=O)O)cc2)cc1)S(=O)(=O)O. The molecule has 0 amide bonds. The molecule has 0 aliphatic rings. The van der Waals surface area contributed by atoms with E-state index in [2.05, 4.69) is 0 Å². The van der Waals surface area contributed by atoms with E-state index in [1.54, 1.807) is 0 Å². The molecule has 0 heterocycles. The molecule has 2 rings (SSSR count). The summed E-state index contributed by atoms with van der Waals surface area (Å²) in [6, 6.07) is 1.36. The van der Waals surface area contributed by atoms with E-state index in [4.69, 9.17) is 9.11 Å². The standard InChI is InChI=1S/C22H18F8O8S2/c1-11(39(33,34)35)17(31)13-3-7-15(8-4-13)19(23,24)21(27,28)22(29,30)20(25,26)16-9-5-14(6-10-16)18(32)12(2)40(36,37)38/h3-12H,1-2H3,(H,33,34,35)(H,36,37,38). The minimum absolute atomic E-state index is 0.00284. The van der Waals surface area contributed by atoms with Gasteiger partial charge in [0.2, 0.25) is 0 Å². The first-order valence-electron chi connectivity index (χ1n) is 10.5. The van der Waals surface area contributed by atoms with Crippen LogP contribution >= 0.6 is 0 Å². The lowest BCUT2D eigenvalue weighted by Crippen LogP contribution is -2.59. The number of carbonyl (C=O) groups excluding carboxylic acids is 2. The summed E-state index contributed by atoms with van der Waals surface area (Å²) >= 11 is 0. The average molecular weight is 626 g/mol. The Labute approximate surface area is 221 Å². The summed E-state index contributed by atoms with van der Waals surface area (Å²) in [5, 5.41) is -4.22. The first-order chi connectivity index (χ1) is 17.8. The van der Waals surface area contributed by atoms with Gasteiger partial charge in [0.05, 0.1) is 0 Å². The van der Waals surface area contributed by atoms with Crippen LogP contribution in [0.25, 0.3) is 0 Å². The summed E-state index contributed by atoms with van der Waals surface area (Å²) in [6.07, 6.45) is 0.